The SMILES string of the molecule is CCN(CC)CCS(=O)(=O)c1ccc(C)cc1. The Morgan fingerprint density at radius 2 is 1.59 bits per heavy atom. The van der Waals surface area contributed by atoms with E-state index < -0.39 is 9.84 Å². The third-order valence-electron chi connectivity index (χ3n) is 2.95. The quantitative estimate of drug-likeness (QED) is 0.781. The molecule has 0 N–H and O–H groups in total. The number of rotatable bonds is 6. The van der Waals surface area contributed by atoms with Gasteiger partial charge in [0.2, 0.25) is 0 Å². The van der Waals surface area contributed by atoms with Crippen LogP contribution >= 0.6 is 0 Å². The van der Waals surface area contributed by atoms with Crippen molar-refractivity contribution in [2.24, 2.45) is 0 Å². The molecule has 0 aliphatic rings. The molecule has 0 aliphatic carbocycles. The predicted octanol–water partition coefficient (Wildman–Crippen LogP) is 2.11. The van der Waals surface area contributed by atoms with Crippen molar-refractivity contribution in [3.05, 3.63) is 29.8 Å². The summed E-state index contributed by atoms with van der Waals surface area (Å²) in [6.45, 7) is 8.42. The second-order valence-corrected chi connectivity index (χ2v) is 6.27. The van der Waals surface area contributed by atoms with Crippen LogP contribution in [0.25, 0.3) is 0 Å². The highest BCUT2D eigenvalue weighted by Gasteiger charge is 2.15. The summed E-state index contributed by atoms with van der Waals surface area (Å²) in [5.41, 5.74) is 1.08. The Balaban J connectivity index is 2.72. The Morgan fingerprint density at radius 3 is 2.06 bits per heavy atom. The van der Waals surface area contributed by atoms with Crippen LogP contribution in [0.5, 0.6) is 0 Å². The van der Waals surface area contributed by atoms with E-state index in [-0.39, 0.29) is 5.75 Å². The van der Waals surface area contributed by atoms with Crippen molar-refractivity contribution in [1.82, 2.24) is 4.90 Å². The van der Waals surface area contributed by atoms with Gasteiger partial charge in [-0.05, 0) is 32.1 Å². The van der Waals surface area contributed by atoms with Crippen LogP contribution < -0.4 is 0 Å². The van der Waals surface area contributed by atoms with Crippen molar-refractivity contribution in [3.8, 4) is 0 Å². The lowest BCUT2D eigenvalue weighted by Crippen LogP contribution is -2.29. The lowest BCUT2D eigenvalue weighted by molar-refractivity contribution is 0.321. The number of benzene rings is 1. The zero-order chi connectivity index (χ0) is 12.9. The van der Waals surface area contributed by atoms with Crippen molar-refractivity contribution in [3.63, 3.8) is 0 Å². The van der Waals surface area contributed by atoms with Crippen LogP contribution in [-0.2, 0) is 9.84 Å². The molecule has 4 heteroatoms. The maximum absolute atomic E-state index is 12.1. The predicted molar refractivity (Wildman–Crippen MR) is 71.0 cm³/mol. The lowest BCUT2D eigenvalue weighted by atomic mass is 10.2. The summed E-state index contributed by atoms with van der Waals surface area (Å²) in [5, 5.41) is 0. The number of aryl methyl sites for hydroxylation is 1. The van der Waals surface area contributed by atoms with Gasteiger partial charge in [0.25, 0.3) is 0 Å². The monoisotopic (exact) mass is 255 g/mol. The fourth-order valence-electron chi connectivity index (χ4n) is 1.65. The normalized spacial score (nSPS) is 12.0. The van der Waals surface area contributed by atoms with Gasteiger partial charge in [0.1, 0.15) is 0 Å². The molecule has 1 aromatic carbocycles. The smallest absolute Gasteiger partial charge is 0.179 e. The minimum absolute atomic E-state index is 0.192. The molecule has 1 aromatic rings. The Hall–Kier alpha value is -0.870. The third kappa shape index (κ3) is 4.13. The molecular formula is C13H21NO2S. The van der Waals surface area contributed by atoms with Gasteiger partial charge >= 0.3 is 0 Å². The average molecular weight is 255 g/mol. The molecular weight excluding hydrogens is 234 g/mol. The van der Waals surface area contributed by atoms with Gasteiger partial charge in [-0.3, -0.25) is 0 Å². The van der Waals surface area contributed by atoms with Crippen molar-refractivity contribution >= 4 is 9.84 Å². The van der Waals surface area contributed by atoms with Gasteiger partial charge in [-0.2, -0.15) is 0 Å². The van der Waals surface area contributed by atoms with Gasteiger partial charge in [0.05, 0.1) is 10.6 Å². The fraction of sp³-hybridized carbons (Fsp3) is 0.538. The summed E-state index contributed by atoms with van der Waals surface area (Å²) in [7, 11) is -3.13. The first-order valence-corrected chi connectivity index (χ1v) is 7.66. The van der Waals surface area contributed by atoms with Gasteiger partial charge in [-0.1, -0.05) is 31.5 Å². The second kappa shape index (κ2) is 6.17. The standard InChI is InChI=1S/C13H21NO2S/c1-4-14(5-2)10-11-17(15,16)13-8-6-12(3)7-9-13/h6-9H,4-5,10-11H2,1-3H3. The minimum atomic E-state index is -3.13. The molecule has 0 bridgehead atoms. The van der Waals surface area contributed by atoms with Crippen LogP contribution in [0, 0.1) is 6.92 Å². The van der Waals surface area contributed by atoms with Crippen molar-refractivity contribution in [2.75, 3.05) is 25.4 Å². The fourth-order valence-corrected chi connectivity index (χ4v) is 2.94. The van der Waals surface area contributed by atoms with Crippen molar-refractivity contribution < 1.29 is 8.42 Å². The number of hydrogen-bond donors (Lipinski definition) is 0. The summed E-state index contributed by atoms with van der Waals surface area (Å²) in [6, 6.07) is 7.05. The maximum atomic E-state index is 12.1. The Labute approximate surface area is 104 Å². The van der Waals surface area contributed by atoms with Crippen LogP contribution in [0.15, 0.2) is 29.2 Å². The van der Waals surface area contributed by atoms with Gasteiger partial charge in [-0.25, -0.2) is 8.42 Å². The molecule has 0 heterocycles. The first-order valence-electron chi connectivity index (χ1n) is 6.01. The van der Waals surface area contributed by atoms with Gasteiger partial charge in [-0.15, -0.1) is 0 Å². The summed E-state index contributed by atoms with van der Waals surface area (Å²) in [4.78, 5) is 2.54. The van der Waals surface area contributed by atoms with Crippen molar-refractivity contribution in [2.45, 2.75) is 25.7 Å². The Morgan fingerprint density at radius 1 is 1.06 bits per heavy atom. The van der Waals surface area contributed by atoms with E-state index in [1.165, 1.54) is 0 Å². The molecule has 0 saturated heterocycles. The van der Waals surface area contributed by atoms with E-state index in [0.717, 1.165) is 18.7 Å². The molecule has 17 heavy (non-hydrogen) atoms. The summed E-state index contributed by atoms with van der Waals surface area (Å²) in [5.74, 6) is 0.192. The zero-order valence-electron chi connectivity index (χ0n) is 10.8. The molecule has 0 fully saturated rings. The van der Waals surface area contributed by atoms with Crippen LogP contribution in [0.2, 0.25) is 0 Å². The molecule has 0 aromatic heterocycles. The molecule has 0 unspecified atom stereocenters. The molecule has 0 aliphatic heterocycles. The van der Waals surface area contributed by atoms with Crippen LogP contribution in [0.1, 0.15) is 19.4 Å². The highest BCUT2D eigenvalue weighted by molar-refractivity contribution is 7.91. The number of sulfone groups is 1. The third-order valence-corrected chi connectivity index (χ3v) is 4.66. The first-order chi connectivity index (χ1) is 7.99. The Bertz CT molecular complexity index is 433. The van der Waals surface area contributed by atoms with Gasteiger partial charge < -0.3 is 4.90 Å². The van der Waals surface area contributed by atoms with Crippen molar-refractivity contribution in [1.29, 1.82) is 0 Å². The highest BCUT2D eigenvalue weighted by atomic mass is 32.2. The Kier molecular flexibility index (Phi) is 5.15. The summed E-state index contributed by atoms with van der Waals surface area (Å²) >= 11 is 0. The van der Waals surface area contributed by atoms with E-state index in [2.05, 4.69) is 4.90 Å². The number of hydrogen-bond acceptors (Lipinski definition) is 3. The van der Waals surface area contributed by atoms with E-state index in [0.29, 0.717) is 11.4 Å². The van der Waals surface area contributed by atoms with E-state index in [4.69, 9.17) is 0 Å². The average Bonchev–Trinajstić information content (AvgIpc) is 2.31. The maximum Gasteiger partial charge on any atom is 0.179 e. The van der Waals surface area contributed by atoms with Crippen LogP contribution in [0.3, 0.4) is 0 Å². The minimum Gasteiger partial charge on any atom is -0.303 e. The lowest BCUT2D eigenvalue weighted by Gasteiger charge is -2.17. The highest BCUT2D eigenvalue weighted by Crippen LogP contribution is 2.12. The molecule has 3 nitrogen and oxygen atoms in total. The van der Waals surface area contributed by atoms with Crippen LogP contribution in [-0.4, -0.2) is 38.7 Å². The molecule has 0 amide bonds. The zero-order valence-corrected chi connectivity index (χ0v) is 11.6. The van der Waals surface area contributed by atoms with Gasteiger partial charge in [0, 0.05) is 6.54 Å². The van der Waals surface area contributed by atoms with Crippen LogP contribution in [0.4, 0.5) is 0 Å². The second-order valence-electron chi connectivity index (χ2n) is 4.16. The molecule has 0 radical (unpaired) electrons. The number of nitrogens with zero attached hydrogens (tertiary/aromatic N) is 1. The molecule has 1 rings (SSSR count). The van der Waals surface area contributed by atoms with Gasteiger partial charge in [0.15, 0.2) is 9.84 Å². The van der Waals surface area contributed by atoms with E-state index in [1.54, 1.807) is 12.1 Å². The molecule has 96 valence electrons. The molecule has 0 atom stereocenters. The van der Waals surface area contributed by atoms with E-state index >= 15 is 0 Å². The summed E-state index contributed by atoms with van der Waals surface area (Å²) in [6.07, 6.45) is 0. The topological polar surface area (TPSA) is 37.4 Å². The molecule has 0 saturated carbocycles. The molecule has 0 spiro atoms. The summed E-state index contributed by atoms with van der Waals surface area (Å²) < 4.78 is 24.1. The van der Waals surface area contributed by atoms with E-state index in [9.17, 15) is 8.42 Å². The largest absolute Gasteiger partial charge is 0.303 e. The van der Waals surface area contributed by atoms with E-state index in [1.807, 2.05) is 32.9 Å². The first kappa shape index (κ1) is 14.2.